The van der Waals surface area contributed by atoms with Crippen LogP contribution in [0, 0.1) is 17.0 Å². The molecule has 9 nitrogen and oxygen atoms in total. The predicted molar refractivity (Wildman–Crippen MR) is 147 cm³/mol. The molecule has 11 heteroatoms. The maximum atomic E-state index is 14.5. The van der Waals surface area contributed by atoms with Gasteiger partial charge in [-0.2, -0.15) is 0 Å². The molecule has 4 aromatic rings. The molecule has 0 atom stereocenters. The van der Waals surface area contributed by atoms with Gasteiger partial charge in [0.1, 0.15) is 4.90 Å². The monoisotopic (exact) mass is 563 g/mol. The Kier molecular flexibility index (Phi) is 7.04. The van der Waals surface area contributed by atoms with E-state index in [1.807, 2.05) is 0 Å². The normalized spacial score (nSPS) is 14.8. The highest BCUT2D eigenvalue weighted by molar-refractivity contribution is 7.99. The van der Waals surface area contributed by atoms with Crippen molar-refractivity contribution in [3.8, 4) is 5.69 Å². The van der Waals surface area contributed by atoms with Gasteiger partial charge in [0.2, 0.25) is 0 Å². The first-order chi connectivity index (χ1) is 18.7. The molecule has 0 unspecified atom stereocenters. The van der Waals surface area contributed by atoms with Gasteiger partial charge in [-0.1, -0.05) is 73.1 Å². The molecule has 0 saturated heterocycles. The van der Waals surface area contributed by atoms with Gasteiger partial charge in [-0.15, -0.1) is 0 Å². The maximum absolute atomic E-state index is 14.5. The number of sulfone groups is 1. The standard InChI is InChI=1S/C28H25N3O6S2/c1-20-25(38-24-17-9-8-16-23(24)31(34)35)26(32)30(21-12-4-2-5-13-21)29(20)27(33)28(18-10-11-19-28)39(36,37)22-14-6-3-7-15-22/h2-9,12-17H,10-11,18-19H2,1H3. The Bertz CT molecular complexity index is 1720. The van der Waals surface area contributed by atoms with Crippen molar-refractivity contribution < 1.29 is 18.1 Å². The van der Waals surface area contributed by atoms with Gasteiger partial charge in [0.05, 0.1) is 26.1 Å². The van der Waals surface area contributed by atoms with Crippen molar-refractivity contribution in [1.29, 1.82) is 0 Å². The van der Waals surface area contributed by atoms with Gasteiger partial charge in [0.15, 0.2) is 14.6 Å². The van der Waals surface area contributed by atoms with Crippen LogP contribution in [0.1, 0.15) is 36.2 Å². The van der Waals surface area contributed by atoms with Crippen LogP contribution in [-0.2, 0) is 9.84 Å². The molecule has 0 N–H and O–H groups in total. The number of nitrogens with zero attached hydrogens (tertiary/aromatic N) is 3. The zero-order valence-electron chi connectivity index (χ0n) is 21.0. The Morgan fingerprint density at radius 2 is 1.49 bits per heavy atom. The Labute approximate surface area is 229 Å². The fourth-order valence-electron chi connectivity index (χ4n) is 5.12. The van der Waals surface area contributed by atoms with Crippen molar-refractivity contribution in [3.63, 3.8) is 0 Å². The van der Waals surface area contributed by atoms with Crippen molar-refractivity contribution in [2.45, 2.75) is 52.0 Å². The van der Waals surface area contributed by atoms with Gasteiger partial charge in [-0.3, -0.25) is 19.7 Å². The lowest BCUT2D eigenvalue weighted by Gasteiger charge is -2.29. The fourth-order valence-corrected chi connectivity index (χ4v) is 8.25. The number of hydrogen-bond donors (Lipinski definition) is 0. The molecule has 0 aliphatic heterocycles. The van der Waals surface area contributed by atoms with Crippen LogP contribution in [0.4, 0.5) is 5.69 Å². The summed E-state index contributed by atoms with van der Waals surface area (Å²) in [6.07, 6.45) is 1.34. The summed E-state index contributed by atoms with van der Waals surface area (Å²) >= 11 is 0.891. The van der Waals surface area contributed by atoms with E-state index in [9.17, 15) is 28.1 Å². The minimum atomic E-state index is -4.13. The van der Waals surface area contributed by atoms with Crippen molar-refractivity contribution in [1.82, 2.24) is 9.36 Å². The van der Waals surface area contributed by atoms with Crippen LogP contribution in [0.3, 0.4) is 0 Å². The average molecular weight is 564 g/mol. The third-order valence-electron chi connectivity index (χ3n) is 7.07. The highest BCUT2D eigenvalue weighted by atomic mass is 32.2. The first-order valence-corrected chi connectivity index (χ1v) is 14.6. The first-order valence-electron chi connectivity index (χ1n) is 12.3. The molecule has 1 saturated carbocycles. The molecule has 1 aliphatic carbocycles. The van der Waals surface area contributed by atoms with Crippen LogP contribution in [0.15, 0.2) is 104 Å². The van der Waals surface area contributed by atoms with E-state index in [2.05, 4.69) is 0 Å². The van der Waals surface area contributed by atoms with E-state index in [0.29, 0.717) is 18.5 Å². The van der Waals surface area contributed by atoms with Gasteiger partial charge < -0.3 is 0 Å². The largest absolute Gasteiger partial charge is 0.286 e. The van der Waals surface area contributed by atoms with Crippen LogP contribution in [0.2, 0.25) is 0 Å². The second kappa shape index (κ2) is 10.3. The molecular formula is C28H25N3O6S2. The highest BCUT2D eigenvalue weighted by Gasteiger charge is 2.54. The van der Waals surface area contributed by atoms with Crippen LogP contribution in [0.5, 0.6) is 0 Å². The number of rotatable bonds is 7. The minimum Gasteiger partial charge on any atom is -0.271 e. The lowest BCUT2D eigenvalue weighted by Crippen LogP contribution is -2.49. The molecule has 0 radical (unpaired) electrons. The summed E-state index contributed by atoms with van der Waals surface area (Å²) < 4.78 is 28.6. The maximum Gasteiger partial charge on any atom is 0.286 e. The van der Waals surface area contributed by atoms with E-state index in [-0.39, 0.29) is 38.9 Å². The van der Waals surface area contributed by atoms with Crippen molar-refractivity contribution >= 4 is 33.2 Å². The summed E-state index contributed by atoms with van der Waals surface area (Å²) in [7, 11) is -4.13. The van der Waals surface area contributed by atoms with Crippen LogP contribution in [-0.4, -0.2) is 33.4 Å². The number of benzene rings is 3. The average Bonchev–Trinajstić information content (AvgIpc) is 3.55. The molecular weight excluding hydrogens is 538 g/mol. The van der Waals surface area contributed by atoms with E-state index < -0.39 is 31.0 Å². The lowest BCUT2D eigenvalue weighted by atomic mass is 10.1. The van der Waals surface area contributed by atoms with E-state index in [0.717, 1.165) is 16.4 Å². The quantitative estimate of drug-likeness (QED) is 0.217. The molecule has 3 aromatic carbocycles. The van der Waals surface area contributed by atoms with Crippen molar-refractivity contribution in [2.75, 3.05) is 0 Å². The molecule has 1 heterocycles. The van der Waals surface area contributed by atoms with Crippen molar-refractivity contribution in [2.24, 2.45) is 0 Å². The van der Waals surface area contributed by atoms with Crippen molar-refractivity contribution in [3.05, 3.63) is 111 Å². The predicted octanol–water partition coefficient (Wildman–Crippen LogP) is 5.43. The third-order valence-corrected chi connectivity index (χ3v) is 10.8. The number of nitro benzene ring substituents is 1. The molecule has 0 bridgehead atoms. The zero-order chi connectivity index (χ0) is 27.8. The summed E-state index contributed by atoms with van der Waals surface area (Å²) in [6.45, 7) is 1.56. The van der Waals surface area contributed by atoms with E-state index in [1.165, 1.54) is 35.0 Å². The van der Waals surface area contributed by atoms with Crippen LogP contribution >= 0.6 is 11.8 Å². The third kappa shape index (κ3) is 4.41. The number of hydrogen-bond acceptors (Lipinski definition) is 7. The Balaban J connectivity index is 1.74. The summed E-state index contributed by atoms with van der Waals surface area (Å²) in [4.78, 5) is 39.9. The van der Waals surface area contributed by atoms with Crippen LogP contribution < -0.4 is 5.56 Å². The van der Waals surface area contributed by atoms with Gasteiger partial charge in [0, 0.05) is 6.07 Å². The topological polar surface area (TPSA) is 121 Å². The van der Waals surface area contributed by atoms with Gasteiger partial charge in [-0.25, -0.2) is 17.8 Å². The van der Waals surface area contributed by atoms with Gasteiger partial charge >= 0.3 is 0 Å². The Morgan fingerprint density at radius 1 is 0.923 bits per heavy atom. The summed E-state index contributed by atoms with van der Waals surface area (Å²) in [5, 5.41) is 11.6. The van der Waals surface area contributed by atoms with Crippen LogP contribution in [0.25, 0.3) is 5.69 Å². The molecule has 39 heavy (non-hydrogen) atoms. The molecule has 200 valence electrons. The van der Waals surface area contributed by atoms with E-state index in [4.69, 9.17) is 0 Å². The SMILES string of the molecule is Cc1c(Sc2ccccc2[N+](=O)[O-])c(=O)n(-c2ccccc2)n1C(=O)C1(S(=O)(=O)c2ccccc2)CCCC1. The van der Waals surface area contributed by atoms with E-state index in [1.54, 1.807) is 61.5 Å². The Morgan fingerprint density at radius 3 is 2.10 bits per heavy atom. The number of carbonyl (C=O) groups excluding carboxylic acids is 1. The molecule has 1 aliphatic rings. The van der Waals surface area contributed by atoms with Gasteiger partial charge in [0.25, 0.3) is 17.2 Å². The zero-order valence-corrected chi connectivity index (χ0v) is 22.7. The lowest BCUT2D eigenvalue weighted by molar-refractivity contribution is -0.387. The first kappa shape index (κ1) is 26.6. The number of nitro groups is 1. The summed E-state index contributed by atoms with van der Waals surface area (Å²) in [5.74, 6) is -0.711. The Hall–Kier alpha value is -3.96. The number of aromatic nitrogens is 2. The van der Waals surface area contributed by atoms with E-state index >= 15 is 0 Å². The second-order valence-corrected chi connectivity index (χ2v) is 12.6. The molecule has 0 spiro atoms. The smallest absolute Gasteiger partial charge is 0.271 e. The minimum absolute atomic E-state index is 0.0492. The fraction of sp³-hybridized carbons (Fsp3) is 0.214. The highest BCUT2D eigenvalue weighted by Crippen LogP contribution is 2.43. The molecule has 1 fully saturated rings. The molecule has 0 amide bonds. The van der Waals surface area contributed by atoms with Gasteiger partial charge in [-0.05, 0) is 50.1 Å². The summed E-state index contributed by atoms with van der Waals surface area (Å²) in [5.41, 5.74) is -0.156. The number of para-hydroxylation sites is 2. The summed E-state index contributed by atoms with van der Waals surface area (Å²) in [6, 6.07) is 22.4. The molecule has 5 rings (SSSR count). The second-order valence-electron chi connectivity index (χ2n) is 9.33. The number of carbonyl (C=O) groups is 1. The molecule has 1 aromatic heterocycles.